The third-order valence-corrected chi connectivity index (χ3v) is 5.92. The summed E-state index contributed by atoms with van der Waals surface area (Å²) in [4.78, 5) is 26.6. The minimum absolute atomic E-state index is 0.175. The molecule has 10 heteroatoms. The van der Waals surface area contributed by atoms with Crippen LogP contribution in [0.1, 0.15) is 12.8 Å². The van der Waals surface area contributed by atoms with Gasteiger partial charge in [-0.15, -0.1) is 0 Å². The molecule has 9 nitrogen and oxygen atoms in total. The molecule has 0 radical (unpaired) electrons. The fourth-order valence-electron chi connectivity index (χ4n) is 3.08. The number of aromatic nitrogens is 1. The van der Waals surface area contributed by atoms with Crippen LogP contribution in [0.2, 0.25) is 0 Å². The van der Waals surface area contributed by atoms with E-state index in [9.17, 15) is 18.0 Å². The summed E-state index contributed by atoms with van der Waals surface area (Å²) in [6.07, 6.45) is 1.88. The lowest BCUT2D eigenvalue weighted by molar-refractivity contribution is -0.116. The Bertz CT molecular complexity index is 1240. The molecule has 32 heavy (non-hydrogen) atoms. The Morgan fingerprint density at radius 2 is 1.88 bits per heavy atom. The van der Waals surface area contributed by atoms with Gasteiger partial charge < -0.3 is 19.4 Å². The first-order valence-corrected chi connectivity index (χ1v) is 12.0. The number of sulfone groups is 1. The minimum atomic E-state index is -3.24. The number of hydrogen-bond donors (Lipinski definition) is 1. The number of amides is 1. The summed E-state index contributed by atoms with van der Waals surface area (Å²) in [5, 5.41) is 2.83. The van der Waals surface area contributed by atoms with Gasteiger partial charge in [0.05, 0.1) is 17.0 Å². The number of hydrogen-bond acceptors (Lipinski definition) is 7. The van der Waals surface area contributed by atoms with Crippen LogP contribution >= 0.6 is 0 Å². The first-order chi connectivity index (χ1) is 15.1. The van der Waals surface area contributed by atoms with Crippen molar-refractivity contribution in [3.63, 3.8) is 0 Å². The number of ether oxygens (including phenoxy) is 1. The van der Waals surface area contributed by atoms with Gasteiger partial charge in [0.2, 0.25) is 5.91 Å². The van der Waals surface area contributed by atoms with Gasteiger partial charge in [-0.3, -0.25) is 9.36 Å². The highest BCUT2D eigenvalue weighted by Crippen LogP contribution is 2.19. The highest BCUT2D eigenvalue weighted by molar-refractivity contribution is 7.90. The van der Waals surface area contributed by atoms with Gasteiger partial charge in [0, 0.05) is 31.5 Å². The Morgan fingerprint density at radius 3 is 2.53 bits per heavy atom. The van der Waals surface area contributed by atoms with Crippen molar-refractivity contribution in [2.75, 3.05) is 38.8 Å². The SMILES string of the molecule is CN(C)CCn1c(=O)oc2ccc(NC(=O)CCCOc3ccc(S(C)(=O)=O)cc3)cc21. The van der Waals surface area contributed by atoms with Gasteiger partial charge >= 0.3 is 5.76 Å². The van der Waals surface area contributed by atoms with Crippen LogP contribution < -0.4 is 15.8 Å². The van der Waals surface area contributed by atoms with Gasteiger partial charge in [0.25, 0.3) is 0 Å². The maximum Gasteiger partial charge on any atom is 0.419 e. The molecule has 0 spiro atoms. The standard InChI is InChI=1S/C22H27N3O6S/c1-24(2)12-13-25-19-15-16(6-11-20(19)31-22(25)27)23-21(26)5-4-14-30-17-7-9-18(10-8-17)32(3,28)29/h6-11,15H,4-5,12-14H2,1-3H3,(H,23,26). The van der Waals surface area contributed by atoms with Gasteiger partial charge in [0.1, 0.15) is 5.75 Å². The Labute approximate surface area is 186 Å². The van der Waals surface area contributed by atoms with Gasteiger partial charge in [-0.2, -0.15) is 0 Å². The van der Waals surface area contributed by atoms with Crippen molar-refractivity contribution in [2.45, 2.75) is 24.3 Å². The molecule has 0 saturated carbocycles. The predicted octanol–water partition coefficient (Wildman–Crippen LogP) is 2.36. The molecule has 0 aliphatic carbocycles. The largest absolute Gasteiger partial charge is 0.494 e. The molecule has 0 atom stereocenters. The second-order valence-corrected chi connectivity index (χ2v) is 9.76. The van der Waals surface area contributed by atoms with E-state index in [1.54, 1.807) is 34.9 Å². The molecule has 172 valence electrons. The number of nitrogens with zero attached hydrogens (tertiary/aromatic N) is 2. The summed E-state index contributed by atoms with van der Waals surface area (Å²) >= 11 is 0. The second-order valence-electron chi connectivity index (χ2n) is 7.75. The van der Waals surface area contributed by atoms with E-state index in [2.05, 4.69) is 5.32 Å². The zero-order valence-electron chi connectivity index (χ0n) is 18.3. The van der Waals surface area contributed by atoms with Crippen LogP contribution in [0.25, 0.3) is 11.1 Å². The molecule has 1 amide bonds. The van der Waals surface area contributed by atoms with E-state index in [1.807, 2.05) is 19.0 Å². The average molecular weight is 462 g/mol. The monoisotopic (exact) mass is 461 g/mol. The van der Waals surface area contributed by atoms with Crippen molar-refractivity contribution in [3.8, 4) is 5.75 Å². The second kappa shape index (κ2) is 10.0. The summed E-state index contributed by atoms with van der Waals surface area (Å²) in [5.41, 5.74) is 1.69. The molecule has 3 rings (SSSR count). The van der Waals surface area contributed by atoms with Gasteiger partial charge in [-0.05, 0) is 63.0 Å². The van der Waals surface area contributed by atoms with Crippen molar-refractivity contribution in [2.24, 2.45) is 0 Å². The molecular formula is C22H27N3O6S. The minimum Gasteiger partial charge on any atom is -0.494 e. The summed E-state index contributed by atoms with van der Waals surface area (Å²) in [7, 11) is 0.604. The van der Waals surface area contributed by atoms with Crippen molar-refractivity contribution >= 4 is 32.5 Å². The van der Waals surface area contributed by atoms with Gasteiger partial charge in [0.15, 0.2) is 15.4 Å². The third-order valence-electron chi connectivity index (χ3n) is 4.79. The summed E-state index contributed by atoms with van der Waals surface area (Å²) in [6, 6.07) is 11.2. The number of likely N-dealkylation sites (N-methyl/N-ethyl adjacent to an activating group) is 1. The van der Waals surface area contributed by atoms with E-state index in [0.717, 1.165) is 6.26 Å². The van der Waals surface area contributed by atoms with E-state index in [0.29, 0.717) is 48.7 Å². The number of carbonyl (C=O) groups excluding carboxylic acids is 1. The number of benzene rings is 2. The molecule has 0 aliphatic heterocycles. The molecule has 0 bridgehead atoms. The van der Waals surface area contributed by atoms with Crippen LogP contribution in [0.5, 0.6) is 5.75 Å². The van der Waals surface area contributed by atoms with Crippen molar-refractivity contribution in [1.29, 1.82) is 0 Å². The number of fused-ring (bicyclic) bond motifs is 1. The number of oxazole rings is 1. The maximum absolute atomic E-state index is 12.3. The number of anilines is 1. The Balaban J connectivity index is 1.52. The average Bonchev–Trinajstić information content (AvgIpc) is 3.03. The quantitative estimate of drug-likeness (QED) is 0.462. The zero-order valence-corrected chi connectivity index (χ0v) is 19.1. The van der Waals surface area contributed by atoms with E-state index in [4.69, 9.17) is 9.15 Å². The van der Waals surface area contributed by atoms with Gasteiger partial charge in [-0.1, -0.05) is 0 Å². The summed E-state index contributed by atoms with van der Waals surface area (Å²) in [6.45, 7) is 1.48. The highest BCUT2D eigenvalue weighted by atomic mass is 32.2. The summed E-state index contributed by atoms with van der Waals surface area (Å²) < 4.78 is 35.3. The Kier molecular flexibility index (Phi) is 7.37. The van der Waals surface area contributed by atoms with Crippen LogP contribution in [0.15, 0.2) is 56.6 Å². The lowest BCUT2D eigenvalue weighted by Crippen LogP contribution is -2.23. The zero-order chi connectivity index (χ0) is 23.3. The van der Waals surface area contributed by atoms with E-state index < -0.39 is 15.6 Å². The number of rotatable bonds is 10. The molecule has 1 N–H and O–H groups in total. The molecule has 1 aromatic heterocycles. The lowest BCUT2D eigenvalue weighted by Gasteiger charge is -2.10. The topological polar surface area (TPSA) is 111 Å². The van der Waals surface area contributed by atoms with Crippen LogP contribution in [-0.4, -0.2) is 57.3 Å². The fraction of sp³-hybridized carbons (Fsp3) is 0.364. The van der Waals surface area contributed by atoms with E-state index in [-0.39, 0.29) is 17.2 Å². The number of carbonyl (C=O) groups is 1. The molecule has 1 heterocycles. The molecule has 2 aromatic carbocycles. The normalized spacial score (nSPS) is 11.8. The lowest BCUT2D eigenvalue weighted by atomic mass is 10.2. The Morgan fingerprint density at radius 1 is 1.16 bits per heavy atom. The molecule has 0 unspecified atom stereocenters. The van der Waals surface area contributed by atoms with Crippen molar-refractivity contribution < 1.29 is 22.4 Å². The Hall–Kier alpha value is -3.11. The van der Waals surface area contributed by atoms with Crippen LogP contribution in [0, 0.1) is 0 Å². The first-order valence-electron chi connectivity index (χ1n) is 10.1. The molecule has 3 aromatic rings. The third kappa shape index (κ3) is 6.21. The molecular weight excluding hydrogens is 434 g/mol. The fourth-order valence-corrected chi connectivity index (χ4v) is 3.71. The predicted molar refractivity (Wildman–Crippen MR) is 122 cm³/mol. The first kappa shape index (κ1) is 23.6. The van der Waals surface area contributed by atoms with Crippen LogP contribution in [0.3, 0.4) is 0 Å². The van der Waals surface area contributed by atoms with Crippen molar-refractivity contribution in [1.82, 2.24) is 9.47 Å². The molecule has 0 saturated heterocycles. The molecule has 0 fully saturated rings. The highest BCUT2D eigenvalue weighted by Gasteiger charge is 2.12. The molecule has 0 aliphatic rings. The van der Waals surface area contributed by atoms with Crippen LogP contribution in [-0.2, 0) is 21.2 Å². The van der Waals surface area contributed by atoms with E-state index >= 15 is 0 Å². The summed E-state index contributed by atoms with van der Waals surface area (Å²) in [5.74, 6) is -0.0583. The van der Waals surface area contributed by atoms with Gasteiger partial charge in [-0.25, -0.2) is 13.2 Å². The number of nitrogens with one attached hydrogen (secondary N) is 1. The van der Waals surface area contributed by atoms with Crippen molar-refractivity contribution in [3.05, 3.63) is 53.0 Å². The van der Waals surface area contributed by atoms with E-state index in [1.165, 1.54) is 12.1 Å². The van der Waals surface area contributed by atoms with Crippen LogP contribution in [0.4, 0.5) is 5.69 Å². The maximum atomic E-state index is 12.3. The smallest absolute Gasteiger partial charge is 0.419 e.